The van der Waals surface area contributed by atoms with Crippen LogP contribution in [0.5, 0.6) is 0 Å². The topological polar surface area (TPSA) is 63.3 Å². The van der Waals surface area contributed by atoms with Gasteiger partial charge >= 0.3 is 28.5 Å². The Morgan fingerprint density at radius 1 is 0.882 bits per heavy atom. The van der Waals surface area contributed by atoms with Crippen molar-refractivity contribution in [2.24, 2.45) is 5.73 Å². The Morgan fingerprint density at radius 2 is 1.18 bits per heavy atom. The molecule has 0 aromatic rings. The van der Waals surface area contributed by atoms with Gasteiger partial charge in [0.15, 0.2) is 0 Å². The van der Waals surface area contributed by atoms with Gasteiger partial charge in [-0.25, -0.2) is 0 Å². The standard InChI is InChI=1S/C12H27N.CH4AsO2/c1-2-3-4-5-6-7-8-9-10-11-12-13;1-2(3)4/h2-13H2,1H3;1H3,(H,3,4). The predicted molar refractivity (Wildman–Crippen MR) is 75.4 cm³/mol. The van der Waals surface area contributed by atoms with E-state index in [9.17, 15) is 3.74 Å². The number of hydrogen-bond acceptors (Lipinski definition) is 2. The molecule has 0 fully saturated rings. The van der Waals surface area contributed by atoms with Gasteiger partial charge in [0, 0.05) is 0 Å². The summed E-state index contributed by atoms with van der Waals surface area (Å²) >= 11 is -2.44. The monoisotopic (exact) mass is 308 g/mol. The Hall–Kier alpha value is 0.278. The van der Waals surface area contributed by atoms with Gasteiger partial charge in [-0.2, -0.15) is 0 Å². The van der Waals surface area contributed by atoms with Crippen molar-refractivity contribution in [1.29, 1.82) is 0 Å². The first-order valence-electron chi connectivity index (χ1n) is 6.95. The Balaban J connectivity index is 0. The van der Waals surface area contributed by atoms with E-state index in [1.54, 1.807) is 0 Å². The van der Waals surface area contributed by atoms with E-state index in [1.807, 2.05) is 0 Å². The van der Waals surface area contributed by atoms with Crippen LogP contribution in [0.4, 0.5) is 0 Å². The van der Waals surface area contributed by atoms with E-state index in [0.29, 0.717) is 0 Å². The summed E-state index contributed by atoms with van der Waals surface area (Å²) in [6.07, 6.45) is 13.9. The molecule has 1 radical (unpaired) electrons. The zero-order valence-corrected chi connectivity index (χ0v) is 13.5. The van der Waals surface area contributed by atoms with Crippen molar-refractivity contribution in [3.8, 4) is 0 Å². The Morgan fingerprint density at radius 3 is 1.47 bits per heavy atom. The van der Waals surface area contributed by atoms with E-state index >= 15 is 0 Å². The van der Waals surface area contributed by atoms with E-state index in [1.165, 1.54) is 69.9 Å². The van der Waals surface area contributed by atoms with Gasteiger partial charge in [-0.1, -0.05) is 64.7 Å². The van der Waals surface area contributed by atoms with Crippen molar-refractivity contribution < 1.29 is 7.84 Å². The van der Waals surface area contributed by atoms with Crippen LogP contribution in [0.15, 0.2) is 0 Å². The Labute approximate surface area is 112 Å². The minimum absolute atomic E-state index is 0.872. The van der Waals surface area contributed by atoms with Gasteiger partial charge in [0.05, 0.1) is 0 Å². The summed E-state index contributed by atoms with van der Waals surface area (Å²) in [7, 11) is 0. The summed E-state index contributed by atoms with van der Waals surface area (Å²) in [5.41, 5.74) is 6.74. The summed E-state index contributed by atoms with van der Waals surface area (Å²) < 4.78 is 16.9. The quantitative estimate of drug-likeness (QED) is 0.480. The minimum atomic E-state index is -2.44. The van der Waals surface area contributed by atoms with Crippen LogP contribution >= 0.6 is 0 Å². The molecule has 0 aliphatic heterocycles. The van der Waals surface area contributed by atoms with Gasteiger partial charge in [0.25, 0.3) is 0 Å². The molecule has 0 saturated carbocycles. The maximum absolute atomic E-state index is 9.23. The summed E-state index contributed by atoms with van der Waals surface area (Å²) in [6.45, 7) is 3.14. The van der Waals surface area contributed by atoms with E-state index in [2.05, 4.69) is 6.92 Å². The maximum atomic E-state index is 9.23. The van der Waals surface area contributed by atoms with Gasteiger partial charge in [0.1, 0.15) is 0 Å². The van der Waals surface area contributed by atoms with Crippen molar-refractivity contribution in [1.82, 2.24) is 0 Å². The average Bonchev–Trinajstić information content (AvgIpc) is 2.26. The van der Waals surface area contributed by atoms with Crippen LogP contribution < -0.4 is 5.73 Å². The van der Waals surface area contributed by atoms with Crippen molar-refractivity contribution in [3.05, 3.63) is 0 Å². The molecule has 17 heavy (non-hydrogen) atoms. The van der Waals surface area contributed by atoms with E-state index in [-0.39, 0.29) is 0 Å². The molecule has 0 aromatic heterocycles. The second-order valence-electron chi connectivity index (χ2n) is 4.43. The molecule has 0 aliphatic rings. The molecule has 0 bridgehead atoms. The summed E-state index contributed by atoms with van der Waals surface area (Å²) in [4.78, 5) is 0. The van der Waals surface area contributed by atoms with Crippen LogP contribution in [0.1, 0.15) is 71.1 Å². The molecule has 4 heteroatoms. The van der Waals surface area contributed by atoms with Crippen LogP contribution in [0.25, 0.3) is 0 Å². The number of hydrogen-bond donors (Lipinski definition) is 2. The fraction of sp³-hybridized carbons (Fsp3) is 1.00. The van der Waals surface area contributed by atoms with Gasteiger partial charge in [-0.3, -0.25) is 0 Å². The van der Waals surface area contributed by atoms with Gasteiger partial charge in [-0.05, 0) is 13.0 Å². The van der Waals surface area contributed by atoms with Crippen molar-refractivity contribution in [2.45, 2.75) is 76.8 Å². The van der Waals surface area contributed by atoms with E-state index in [0.717, 1.165) is 6.54 Å². The van der Waals surface area contributed by atoms with Crippen LogP contribution in [0.2, 0.25) is 5.71 Å². The first-order chi connectivity index (χ1) is 8.15. The first kappa shape index (κ1) is 19.6. The average molecular weight is 308 g/mol. The van der Waals surface area contributed by atoms with Crippen molar-refractivity contribution in [2.75, 3.05) is 6.54 Å². The van der Waals surface area contributed by atoms with Gasteiger partial charge in [-0.15, -0.1) is 0 Å². The molecule has 1 unspecified atom stereocenters. The van der Waals surface area contributed by atoms with E-state index < -0.39 is 14.9 Å². The van der Waals surface area contributed by atoms with Crippen LogP contribution in [-0.4, -0.2) is 25.6 Å². The third-order valence-corrected chi connectivity index (χ3v) is 2.56. The van der Waals surface area contributed by atoms with Crippen LogP contribution in [0, 0.1) is 0 Å². The molecule has 0 saturated heterocycles. The van der Waals surface area contributed by atoms with E-state index in [4.69, 9.17) is 9.83 Å². The van der Waals surface area contributed by atoms with Crippen LogP contribution in [0.3, 0.4) is 0 Å². The van der Waals surface area contributed by atoms with Gasteiger partial charge in [0.2, 0.25) is 0 Å². The molecule has 3 N–H and O–H groups in total. The Kier molecular flexibility index (Phi) is 21.5. The molecule has 0 aliphatic carbocycles. The molecular weight excluding hydrogens is 277 g/mol. The number of unbranched alkanes of at least 4 members (excludes halogenated alkanes) is 9. The zero-order valence-electron chi connectivity index (χ0n) is 11.7. The summed E-state index contributed by atoms with van der Waals surface area (Å²) in [5, 5.41) is 0. The normalized spacial score (nSPS) is 10.7. The molecule has 1 atom stereocenters. The SMILES string of the molecule is CCCCCCCCCCCCN.C[As](=O)O. The number of nitrogens with two attached hydrogens (primary N) is 1. The first-order valence-corrected chi connectivity index (χ1v) is 10.4. The molecular formula is C13H31AsNO2. The molecule has 0 aromatic carbocycles. The van der Waals surface area contributed by atoms with Gasteiger partial charge < -0.3 is 5.73 Å². The molecule has 0 spiro atoms. The number of rotatable bonds is 10. The second-order valence-corrected chi connectivity index (χ2v) is 6.38. The molecule has 0 rings (SSSR count). The van der Waals surface area contributed by atoms with Crippen LogP contribution in [-0.2, 0) is 3.74 Å². The van der Waals surface area contributed by atoms with Crippen molar-refractivity contribution in [3.63, 3.8) is 0 Å². The molecule has 0 heterocycles. The predicted octanol–water partition coefficient (Wildman–Crippen LogP) is 3.39. The summed E-state index contributed by atoms with van der Waals surface area (Å²) in [5.74, 6) is 0. The zero-order chi connectivity index (χ0) is 13.4. The Bertz CT molecular complexity index is 140. The second kappa shape index (κ2) is 18.6. The molecule has 3 nitrogen and oxygen atoms in total. The summed E-state index contributed by atoms with van der Waals surface area (Å²) in [6, 6.07) is 0. The molecule has 0 amide bonds. The molecule has 105 valence electrons. The van der Waals surface area contributed by atoms with Crippen molar-refractivity contribution >= 4 is 14.9 Å². The fourth-order valence-electron chi connectivity index (χ4n) is 1.63. The third-order valence-electron chi connectivity index (χ3n) is 2.56. The third kappa shape index (κ3) is 31.4. The fourth-order valence-corrected chi connectivity index (χ4v) is 1.63.